The third-order valence-corrected chi connectivity index (χ3v) is 6.68. The minimum Gasteiger partial charge on any atom is -0.480 e. The average Bonchev–Trinajstić information content (AvgIpc) is 3.28. The minimum atomic E-state index is -3.23. The minimum absolute atomic E-state index is 0.282. The van der Waals surface area contributed by atoms with E-state index in [1.54, 1.807) is 20.8 Å². The van der Waals surface area contributed by atoms with Crippen molar-refractivity contribution in [2.45, 2.75) is 123 Å². The lowest BCUT2D eigenvalue weighted by molar-refractivity contribution is -0.151. The molecular weight excluding hydrogens is 505 g/mol. The molecule has 0 bridgehead atoms. The first-order valence-corrected chi connectivity index (χ1v) is 14.2. The predicted octanol–water partition coefficient (Wildman–Crippen LogP) is 3.59. The van der Waals surface area contributed by atoms with Gasteiger partial charge in [0, 0.05) is 6.54 Å². The Kier molecular flexibility index (Phi) is 14.2. The van der Waals surface area contributed by atoms with Gasteiger partial charge in [0.15, 0.2) is 0 Å². The zero-order valence-corrected chi connectivity index (χ0v) is 23.8. The Labute approximate surface area is 220 Å². The topological polar surface area (TPSA) is 161 Å². The number of likely N-dealkylation sites (tertiary alicyclic amines) is 1. The van der Waals surface area contributed by atoms with Crippen molar-refractivity contribution in [1.29, 1.82) is 0 Å². The van der Waals surface area contributed by atoms with Crippen molar-refractivity contribution in [2.24, 2.45) is 0 Å². The lowest BCUT2D eigenvalue weighted by Gasteiger charge is -2.26. The fraction of sp³-hybridized carbons (Fsp3) is 0.833. The maximum atomic E-state index is 13.0. The van der Waals surface area contributed by atoms with Gasteiger partial charge in [-0.05, 0) is 59.8 Å². The molecule has 214 valence electrons. The molecule has 12 nitrogen and oxygen atoms in total. The Balaban J connectivity index is 2.80. The normalized spacial score (nSPS) is 19.0. The van der Waals surface area contributed by atoms with Crippen LogP contribution < -0.4 is 10.6 Å². The van der Waals surface area contributed by atoms with Crippen LogP contribution in [0.3, 0.4) is 0 Å². The molecule has 3 amide bonds. The zero-order chi connectivity index (χ0) is 28.2. The van der Waals surface area contributed by atoms with E-state index in [-0.39, 0.29) is 6.54 Å². The molecule has 2 unspecified atom stereocenters. The summed E-state index contributed by atoms with van der Waals surface area (Å²) in [6, 6.07) is -1.81. The summed E-state index contributed by atoms with van der Waals surface area (Å²) in [5.41, 5.74) is -0.729. The van der Waals surface area contributed by atoms with E-state index in [1.165, 1.54) is 11.8 Å². The number of carboxylic acid groups (broad SMARTS) is 1. The number of alkyl carbamates (subject to hydrolysis) is 1. The molecule has 0 aliphatic carbocycles. The highest BCUT2D eigenvalue weighted by Crippen LogP contribution is 2.30. The number of aliphatic carboxylic acids is 1. The molecule has 1 saturated heterocycles. The SMILES string of the molecule is CCCC[C@H](NC(=O)OC(C)(C)C)C(=O)N[C@H](CCCC)O[PH](=O)OC(C)C(=O)N1CCC[C@H]1C(=O)O. The van der Waals surface area contributed by atoms with Crippen LogP contribution in [0.2, 0.25) is 0 Å². The van der Waals surface area contributed by atoms with Crippen LogP contribution >= 0.6 is 8.25 Å². The molecular formula is C24H44N3O9P. The molecule has 13 heteroatoms. The van der Waals surface area contributed by atoms with Gasteiger partial charge in [-0.25, -0.2) is 9.59 Å². The lowest BCUT2D eigenvalue weighted by atomic mass is 10.1. The summed E-state index contributed by atoms with van der Waals surface area (Å²) in [5, 5.41) is 14.6. The van der Waals surface area contributed by atoms with Gasteiger partial charge in [-0.3, -0.25) is 23.2 Å². The first-order valence-electron chi connectivity index (χ1n) is 13.0. The number of ether oxygens (including phenoxy) is 1. The van der Waals surface area contributed by atoms with Gasteiger partial charge in [0.1, 0.15) is 30.0 Å². The Morgan fingerprint density at radius 1 is 1.05 bits per heavy atom. The molecule has 3 N–H and O–H groups in total. The van der Waals surface area contributed by atoms with Crippen LogP contribution in [-0.2, 0) is 32.7 Å². The summed E-state index contributed by atoms with van der Waals surface area (Å²) < 4.78 is 28.7. The summed E-state index contributed by atoms with van der Waals surface area (Å²) in [6.07, 6.45) is 1.68. The van der Waals surface area contributed by atoms with Crippen molar-refractivity contribution < 1.29 is 42.6 Å². The van der Waals surface area contributed by atoms with Crippen LogP contribution in [-0.4, -0.2) is 70.4 Å². The molecule has 1 aliphatic heterocycles. The summed E-state index contributed by atoms with van der Waals surface area (Å²) >= 11 is 0. The Morgan fingerprint density at radius 2 is 1.68 bits per heavy atom. The fourth-order valence-corrected chi connectivity index (χ4v) is 4.65. The standard InChI is InChI=1S/C24H44N3O9P/c1-7-9-12-17(25-23(32)34-24(4,5)6)20(28)26-19(14-10-8-2)36-37(33)35-16(3)21(29)27-15-11-13-18(27)22(30)31/h16-19,37H,7-15H2,1-6H3,(H,25,32)(H,26,28)(H,30,31)/t16?,17-,18-,19-/m0/s1. The first kappa shape index (κ1) is 32.9. The van der Waals surface area contributed by atoms with Gasteiger partial charge in [-0.15, -0.1) is 0 Å². The number of hydrogen-bond acceptors (Lipinski definition) is 8. The number of carbonyl (C=O) groups excluding carboxylic acids is 3. The molecule has 0 radical (unpaired) electrons. The summed E-state index contributed by atoms with van der Waals surface area (Å²) in [6.45, 7) is 10.7. The molecule has 0 spiro atoms. The highest BCUT2D eigenvalue weighted by atomic mass is 31.1. The molecule has 0 saturated carbocycles. The molecule has 0 aromatic rings. The first-order chi connectivity index (χ1) is 17.3. The smallest absolute Gasteiger partial charge is 0.408 e. The second-order valence-corrected chi connectivity index (χ2v) is 11.1. The predicted molar refractivity (Wildman–Crippen MR) is 137 cm³/mol. The van der Waals surface area contributed by atoms with E-state index < -0.39 is 62.1 Å². The molecule has 5 atom stereocenters. The molecule has 0 aromatic carbocycles. The van der Waals surface area contributed by atoms with Crippen LogP contribution in [0.4, 0.5) is 4.79 Å². The van der Waals surface area contributed by atoms with E-state index in [1.807, 2.05) is 13.8 Å². The number of hydrogen-bond donors (Lipinski definition) is 3. The average molecular weight is 550 g/mol. The third-order valence-electron chi connectivity index (χ3n) is 5.66. The van der Waals surface area contributed by atoms with E-state index >= 15 is 0 Å². The Morgan fingerprint density at radius 3 is 2.24 bits per heavy atom. The van der Waals surface area contributed by atoms with E-state index in [0.717, 1.165) is 12.8 Å². The number of rotatable bonds is 15. The van der Waals surface area contributed by atoms with Gasteiger partial charge < -0.3 is 25.4 Å². The van der Waals surface area contributed by atoms with Crippen molar-refractivity contribution in [3.8, 4) is 0 Å². The number of amides is 3. The largest absolute Gasteiger partial charge is 0.480 e. The molecule has 1 heterocycles. The van der Waals surface area contributed by atoms with Gasteiger partial charge in [0.05, 0.1) is 0 Å². The van der Waals surface area contributed by atoms with Gasteiger partial charge in [-0.1, -0.05) is 33.1 Å². The van der Waals surface area contributed by atoms with Crippen LogP contribution in [0.15, 0.2) is 0 Å². The Hall–Kier alpha value is -2.17. The monoisotopic (exact) mass is 549 g/mol. The van der Waals surface area contributed by atoms with Crippen molar-refractivity contribution in [2.75, 3.05) is 6.54 Å². The number of nitrogens with one attached hydrogen (secondary N) is 2. The highest BCUT2D eigenvalue weighted by molar-refractivity contribution is 7.33. The number of carboxylic acids is 1. The van der Waals surface area contributed by atoms with Crippen molar-refractivity contribution in [3.05, 3.63) is 0 Å². The van der Waals surface area contributed by atoms with Crippen LogP contribution in [0, 0.1) is 0 Å². The van der Waals surface area contributed by atoms with Crippen molar-refractivity contribution in [1.82, 2.24) is 15.5 Å². The number of unbranched alkanes of at least 4 members (excludes halogenated alkanes) is 2. The van der Waals surface area contributed by atoms with Gasteiger partial charge in [0.25, 0.3) is 5.91 Å². The Bertz CT molecular complexity index is 803. The molecule has 1 rings (SSSR count). The molecule has 0 aromatic heterocycles. The van der Waals surface area contributed by atoms with Gasteiger partial charge in [0.2, 0.25) is 5.91 Å². The van der Waals surface area contributed by atoms with E-state index in [4.69, 9.17) is 13.8 Å². The van der Waals surface area contributed by atoms with Crippen molar-refractivity contribution >= 4 is 32.1 Å². The van der Waals surface area contributed by atoms with E-state index in [2.05, 4.69) is 10.6 Å². The molecule has 37 heavy (non-hydrogen) atoms. The number of carbonyl (C=O) groups is 4. The maximum Gasteiger partial charge on any atom is 0.408 e. The molecule has 1 fully saturated rings. The maximum absolute atomic E-state index is 13.0. The second kappa shape index (κ2) is 15.9. The summed E-state index contributed by atoms with van der Waals surface area (Å²) in [4.78, 5) is 50.5. The summed E-state index contributed by atoms with van der Waals surface area (Å²) in [5.74, 6) is -2.19. The van der Waals surface area contributed by atoms with Crippen LogP contribution in [0.5, 0.6) is 0 Å². The quantitative estimate of drug-likeness (QED) is 0.205. The second-order valence-electron chi connectivity index (χ2n) is 10.1. The van der Waals surface area contributed by atoms with Crippen molar-refractivity contribution in [3.63, 3.8) is 0 Å². The van der Waals surface area contributed by atoms with Crippen LogP contribution in [0.25, 0.3) is 0 Å². The van der Waals surface area contributed by atoms with Gasteiger partial charge in [-0.2, -0.15) is 0 Å². The molecule has 1 aliphatic rings. The lowest BCUT2D eigenvalue weighted by Crippen LogP contribution is -2.51. The number of nitrogens with zero attached hydrogens (tertiary/aromatic N) is 1. The van der Waals surface area contributed by atoms with E-state index in [0.29, 0.717) is 38.5 Å². The third kappa shape index (κ3) is 12.3. The fourth-order valence-electron chi connectivity index (χ4n) is 3.80. The summed E-state index contributed by atoms with van der Waals surface area (Å²) in [7, 11) is -3.23. The zero-order valence-electron chi connectivity index (χ0n) is 22.8. The van der Waals surface area contributed by atoms with E-state index in [9.17, 15) is 28.8 Å². The highest BCUT2D eigenvalue weighted by Gasteiger charge is 2.37. The van der Waals surface area contributed by atoms with Gasteiger partial charge >= 0.3 is 20.3 Å². The van der Waals surface area contributed by atoms with Crippen LogP contribution in [0.1, 0.15) is 92.9 Å².